The Kier molecular flexibility index (Phi) is 10.6. The molecule has 0 rings (SSSR count). The summed E-state index contributed by atoms with van der Waals surface area (Å²) in [7, 11) is 1.69. The smallest absolute Gasteiger partial charge is 0.330 e. The molecule has 0 spiro atoms. The van der Waals surface area contributed by atoms with Gasteiger partial charge >= 0.3 is 5.97 Å². The standard InChI is InChI=1S/C8H16NO2.C3H8O4S/c1-5-8(10)11-7-6-9(2,3)4;1-2-3-7-8(4,5)6/h5H,1,6-7H2,2-4H3;2-3H2,1H3,(H,4,5,6)/q+1;/p-1. The first-order chi connectivity index (χ1) is 8.52. The number of hydrogen-bond acceptors (Lipinski definition) is 6. The van der Waals surface area contributed by atoms with E-state index in [4.69, 9.17) is 4.74 Å². The Morgan fingerprint density at radius 3 is 2.11 bits per heavy atom. The van der Waals surface area contributed by atoms with Gasteiger partial charge in [0.05, 0.1) is 27.7 Å². The number of hydrogen-bond donors (Lipinski definition) is 0. The molecular weight excluding hydrogens is 274 g/mol. The summed E-state index contributed by atoms with van der Waals surface area (Å²) in [6.07, 6.45) is 1.71. The van der Waals surface area contributed by atoms with E-state index in [0.717, 1.165) is 11.0 Å². The van der Waals surface area contributed by atoms with Crippen LogP contribution in [0.2, 0.25) is 0 Å². The third kappa shape index (κ3) is 22.7. The van der Waals surface area contributed by atoms with Crippen LogP contribution in [0.1, 0.15) is 13.3 Å². The van der Waals surface area contributed by atoms with Gasteiger partial charge in [0.25, 0.3) is 0 Å². The van der Waals surface area contributed by atoms with Gasteiger partial charge < -0.3 is 13.8 Å². The number of likely N-dealkylation sites (N-methyl/N-ethyl adjacent to an activating group) is 1. The summed E-state index contributed by atoms with van der Waals surface area (Å²) in [5.74, 6) is -0.349. The summed E-state index contributed by atoms with van der Waals surface area (Å²) in [5.41, 5.74) is 0. The van der Waals surface area contributed by atoms with Gasteiger partial charge in [-0.2, -0.15) is 0 Å². The summed E-state index contributed by atoms with van der Waals surface area (Å²) >= 11 is 0. The number of ether oxygens (including phenoxy) is 1. The lowest BCUT2D eigenvalue weighted by Crippen LogP contribution is -2.37. The highest BCUT2D eigenvalue weighted by Crippen LogP contribution is 1.89. The molecule has 0 saturated heterocycles. The summed E-state index contributed by atoms with van der Waals surface area (Å²) in [5, 5.41) is 0. The monoisotopic (exact) mass is 297 g/mol. The lowest BCUT2D eigenvalue weighted by atomic mass is 10.5. The van der Waals surface area contributed by atoms with E-state index in [-0.39, 0.29) is 12.6 Å². The number of nitrogens with zero attached hydrogens (tertiary/aromatic N) is 1. The van der Waals surface area contributed by atoms with Crippen molar-refractivity contribution in [2.45, 2.75) is 13.3 Å². The summed E-state index contributed by atoms with van der Waals surface area (Å²) < 4.78 is 38.2. The molecule has 7 nitrogen and oxygen atoms in total. The molecule has 0 saturated carbocycles. The summed E-state index contributed by atoms with van der Waals surface area (Å²) in [6.45, 7) is 6.26. The van der Waals surface area contributed by atoms with Crippen LogP contribution in [0.5, 0.6) is 0 Å². The van der Waals surface area contributed by atoms with Crippen molar-refractivity contribution in [3.05, 3.63) is 12.7 Å². The molecule has 19 heavy (non-hydrogen) atoms. The molecule has 0 aliphatic rings. The minimum Gasteiger partial charge on any atom is -0.726 e. The minimum atomic E-state index is -4.44. The lowest BCUT2D eigenvalue weighted by molar-refractivity contribution is -0.870. The second-order valence-corrected chi connectivity index (χ2v) is 5.67. The highest BCUT2D eigenvalue weighted by Gasteiger charge is 2.06. The Morgan fingerprint density at radius 2 is 1.84 bits per heavy atom. The van der Waals surface area contributed by atoms with Gasteiger partial charge in [-0.25, -0.2) is 13.2 Å². The van der Waals surface area contributed by atoms with Crippen LogP contribution in [-0.2, 0) is 24.1 Å². The maximum atomic E-state index is 10.6. The van der Waals surface area contributed by atoms with Gasteiger partial charge in [-0.05, 0) is 6.42 Å². The van der Waals surface area contributed by atoms with Crippen LogP contribution in [0, 0.1) is 0 Å². The molecule has 0 aliphatic carbocycles. The van der Waals surface area contributed by atoms with Crippen molar-refractivity contribution in [2.24, 2.45) is 0 Å². The van der Waals surface area contributed by atoms with Crippen LogP contribution in [-0.4, -0.2) is 64.3 Å². The highest BCUT2D eigenvalue weighted by molar-refractivity contribution is 7.80. The third-order valence-electron chi connectivity index (χ3n) is 1.60. The molecule has 0 radical (unpaired) electrons. The second-order valence-electron chi connectivity index (χ2n) is 4.62. The van der Waals surface area contributed by atoms with Gasteiger partial charge in [-0.3, -0.25) is 4.18 Å². The Bertz CT molecular complexity index is 358. The fourth-order valence-corrected chi connectivity index (χ4v) is 1.04. The average molecular weight is 297 g/mol. The van der Waals surface area contributed by atoms with E-state index >= 15 is 0 Å². The predicted molar refractivity (Wildman–Crippen MR) is 70.0 cm³/mol. The molecule has 0 heterocycles. The number of quaternary nitrogens is 1. The van der Waals surface area contributed by atoms with Crippen molar-refractivity contribution < 1.29 is 31.2 Å². The van der Waals surface area contributed by atoms with Crippen LogP contribution < -0.4 is 0 Å². The maximum Gasteiger partial charge on any atom is 0.330 e. The van der Waals surface area contributed by atoms with Crippen LogP contribution >= 0.6 is 0 Å². The van der Waals surface area contributed by atoms with E-state index in [1.165, 1.54) is 6.08 Å². The lowest BCUT2D eigenvalue weighted by Gasteiger charge is -2.23. The van der Waals surface area contributed by atoms with Crippen molar-refractivity contribution in [3.63, 3.8) is 0 Å². The summed E-state index contributed by atoms with van der Waals surface area (Å²) in [4.78, 5) is 10.6. The van der Waals surface area contributed by atoms with Gasteiger partial charge in [0.1, 0.15) is 13.2 Å². The molecule has 0 atom stereocenters. The number of rotatable bonds is 7. The van der Waals surface area contributed by atoms with E-state index in [9.17, 15) is 17.8 Å². The van der Waals surface area contributed by atoms with Crippen molar-refractivity contribution >= 4 is 16.4 Å². The minimum absolute atomic E-state index is 0.0220. The Morgan fingerprint density at radius 1 is 1.32 bits per heavy atom. The zero-order valence-corrected chi connectivity index (χ0v) is 12.7. The normalized spacial score (nSPS) is 11.2. The molecule has 8 heteroatoms. The topological polar surface area (TPSA) is 92.7 Å². The molecule has 0 N–H and O–H groups in total. The molecule has 114 valence electrons. The SMILES string of the molecule is C=CC(=O)OCC[N+](C)(C)C.CCCOS(=O)(=O)[O-]. The van der Waals surface area contributed by atoms with Gasteiger partial charge in [-0.15, -0.1) is 0 Å². The number of carbonyl (C=O) groups excluding carboxylic acids is 1. The summed E-state index contributed by atoms with van der Waals surface area (Å²) in [6, 6.07) is 0. The predicted octanol–water partition coefficient (Wildman–Crippen LogP) is 0.295. The second kappa shape index (κ2) is 9.90. The van der Waals surface area contributed by atoms with Crippen molar-refractivity contribution in [1.29, 1.82) is 0 Å². The first-order valence-corrected chi connectivity index (χ1v) is 7.05. The molecule has 0 amide bonds. The van der Waals surface area contributed by atoms with Gasteiger partial charge in [0, 0.05) is 6.08 Å². The third-order valence-corrected chi connectivity index (χ3v) is 2.06. The van der Waals surface area contributed by atoms with Crippen molar-refractivity contribution in [1.82, 2.24) is 0 Å². The fourth-order valence-electron chi connectivity index (χ4n) is 0.664. The number of esters is 1. The van der Waals surface area contributed by atoms with Gasteiger partial charge in [0.15, 0.2) is 0 Å². The van der Waals surface area contributed by atoms with E-state index < -0.39 is 10.4 Å². The van der Waals surface area contributed by atoms with Gasteiger partial charge in [0.2, 0.25) is 10.4 Å². The quantitative estimate of drug-likeness (QED) is 0.220. The molecule has 0 aromatic heterocycles. The van der Waals surface area contributed by atoms with E-state index in [1.54, 1.807) is 6.92 Å². The molecule has 0 unspecified atom stereocenters. The van der Waals surface area contributed by atoms with E-state index in [2.05, 4.69) is 10.8 Å². The average Bonchev–Trinajstić information content (AvgIpc) is 2.24. The van der Waals surface area contributed by atoms with Crippen LogP contribution in [0.3, 0.4) is 0 Å². The van der Waals surface area contributed by atoms with Crippen LogP contribution in [0.15, 0.2) is 12.7 Å². The van der Waals surface area contributed by atoms with Crippen molar-refractivity contribution in [3.8, 4) is 0 Å². The molecule has 0 aromatic rings. The first kappa shape index (κ1) is 20.4. The van der Waals surface area contributed by atoms with Crippen LogP contribution in [0.25, 0.3) is 0 Å². The molecule has 0 bridgehead atoms. The largest absolute Gasteiger partial charge is 0.726 e. The van der Waals surface area contributed by atoms with E-state index in [1.807, 2.05) is 21.1 Å². The Balaban J connectivity index is 0. The zero-order valence-electron chi connectivity index (χ0n) is 11.9. The fraction of sp³-hybridized carbons (Fsp3) is 0.727. The zero-order chi connectivity index (χ0) is 15.5. The first-order valence-electron chi connectivity index (χ1n) is 5.71. The highest BCUT2D eigenvalue weighted by atomic mass is 32.3. The van der Waals surface area contributed by atoms with Gasteiger partial charge in [-0.1, -0.05) is 13.5 Å². The van der Waals surface area contributed by atoms with E-state index in [0.29, 0.717) is 13.0 Å². The maximum absolute atomic E-state index is 10.6. The molecular formula is C11H23NO6S. The molecule has 0 aromatic carbocycles. The van der Waals surface area contributed by atoms with Crippen molar-refractivity contribution in [2.75, 3.05) is 40.9 Å². The Labute approximate surface area is 115 Å². The molecule has 0 fully saturated rings. The van der Waals surface area contributed by atoms with Crippen LogP contribution in [0.4, 0.5) is 0 Å². The number of carbonyl (C=O) groups is 1. The molecule has 0 aliphatic heterocycles. The Hall–Kier alpha value is -0.960.